The van der Waals surface area contributed by atoms with Crippen LogP contribution in [-0.4, -0.2) is 18.2 Å². The molecule has 2 nitrogen and oxygen atoms in total. The average Bonchev–Trinajstić information content (AvgIpc) is 2.23. The molecule has 0 aliphatic carbocycles. The van der Waals surface area contributed by atoms with E-state index in [2.05, 4.69) is 45.1 Å². The van der Waals surface area contributed by atoms with Gasteiger partial charge in [-0.25, -0.2) is 0 Å². The Bertz CT molecular complexity index is 383. The van der Waals surface area contributed by atoms with Crippen LogP contribution in [0.5, 0.6) is 0 Å². The number of aryl methyl sites for hydroxylation is 3. The predicted molar refractivity (Wildman–Crippen MR) is 73.4 cm³/mol. The Morgan fingerprint density at radius 1 is 1.12 bits per heavy atom. The maximum Gasteiger partial charge on any atom is 0.0883 e. The molecular formula is C15H25NO. The second-order valence-electron chi connectivity index (χ2n) is 5.13. The van der Waals surface area contributed by atoms with Gasteiger partial charge in [0.15, 0.2) is 0 Å². The van der Waals surface area contributed by atoms with Crippen molar-refractivity contribution in [1.82, 2.24) is 5.32 Å². The second kappa shape index (κ2) is 5.65. The summed E-state index contributed by atoms with van der Waals surface area (Å²) in [4.78, 5) is 0. The summed E-state index contributed by atoms with van der Waals surface area (Å²) in [5.74, 6) is 0. The fourth-order valence-electron chi connectivity index (χ4n) is 2.18. The van der Waals surface area contributed by atoms with Gasteiger partial charge in [-0.15, -0.1) is 0 Å². The number of rotatable bonds is 5. The van der Waals surface area contributed by atoms with E-state index in [-0.39, 0.29) is 0 Å². The Morgan fingerprint density at radius 2 is 1.71 bits per heavy atom. The summed E-state index contributed by atoms with van der Waals surface area (Å²) in [6.07, 6.45) is 0.740. The zero-order valence-electron chi connectivity index (χ0n) is 11.7. The molecule has 0 spiro atoms. The maximum atomic E-state index is 10.6. The predicted octanol–water partition coefficient (Wildman–Crippen LogP) is 2.82. The van der Waals surface area contributed by atoms with Gasteiger partial charge >= 0.3 is 0 Å². The van der Waals surface area contributed by atoms with Gasteiger partial charge in [0.2, 0.25) is 0 Å². The number of aliphatic hydroxyl groups is 1. The molecule has 0 bridgehead atoms. The molecule has 0 aliphatic rings. The molecule has 0 radical (unpaired) electrons. The summed E-state index contributed by atoms with van der Waals surface area (Å²) in [6.45, 7) is 12.1. The summed E-state index contributed by atoms with van der Waals surface area (Å²) in [7, 11) is 0. The van der Waals surface area contributed by atoms with Crippen LogP contribution in [0.25, 0.3) is 0 Å². The minimum Gasteiger partial charge on any atom is -0.385 e. The van der Waals surface area contributed by atoms with E-state index >= 15 is 0 Å². The van der Waals surface area contributed by atoms with Gasteiger partial charge in [-0.05, 0) is 69.5 Å². The zero-order chi connectivity index (χ0) is 13.1. The molecule has 1 rings (SSSR count). The molecule has 0 saturated heterocycles. The monoisotopic (exact) mass is 235 g/mol. The van der Waals surface area contributed by atoms with E-state index in [0.717, 1.165) is 25.1 Å². The Kier molecular flexibility index (Phi) is 4.72. The number of benzene rings is 1. The van der Waals surface area contributed by atoms with Crippen LogP contribution in [0.15, 0.2) is 12.1 Å². The normalized spacial score (nSPS) is 14.7. The lowest BCUT2D eigenvalue weighted by Crippen LogP contribution is -2.28. The van der Waals surface area contributed by atoms with Crippen molar-refractivity contribution in [1.29, 1.82) is 0 Å². The van der Waals surface area contributed by atoms with Crippen molar-refractivity contribution in [3.8, 4) is 0 Å². The summed E-state index contributed by atoms with van der Waals surface area (Å²) in [6, 6.07) is 4.28. The third kappa shape index (κ3) is 3.55. The van der Waals surface area contributed by atoms with Gasteiger partial charge in [-0.2, -0.15) is 0 Å². The molecule has 0 aliphatic heterocycles. The molecule has 2 heteroatoms. The van der Waals surface area contributed by atoms with Crippen LogP contribution >= 0.6 is 0 Å². The lowest BCUT2D eigenvalue weighted by atomic mass is 9.86. The van der Waals surface area contributed by atoms with Crippen LogP contribution in [0.3, 0.4) is 0 Å². The highest BCUT2D eigenvalue weighted by atomic mass is 16.3. The third-order valence-electron chi connectivity index (χ3n) is 3.46. The van der Waals surface area contributed by atoms with Gasteiger partial charge in [-0.1, -0.05) is 19.1 Å². The first-order valence-corrected chi connectivity index (χ1v) is 6.40. The molecule has 96 valence electrons. The molecule has 0 fully saturated rings. The Morgan fingerprint density at radius 3 is 2.29 bits per heavy atom. The van der Waals surface area contributed by atoms with Crippen LogP contribution in [-0.2, 0) is 5.60 Å². The fraction of sp³-hybridized carbons (Fsp3) is 0.600. The summed E-state index contributed by atoms with van der Waals surface area (Å²) >= 11 is 0. The van der Waals surface area contributed by atoms with E-state index in [1.807, 2.05) is 6.92 Å². The first kappa shape index (κ1) is 14.2. The maximum absolute atomic E-state index is 10.6. The van der Waals surface area contributed by atoms with Crippen LogP contribution in [0, 0.1) is 20.8 Å². The van der Waals surface area contributed by atoms with E-state index in [1.54, 1.807) is 0 Å². The standard InChI is InChI=1S/C15H25NO/c1-6-16-8-7-15(5,17)14-10-12(3)11(2)9-13(14)4/h9-10,16-17H,6-8H2,1-5H3. The largest absolute Gasteiger partial charge is 0.385 e. The molecule has 1 unspecified atom stereocenters. The highest BCUT2D eigenvalue weighted by Crippen LogP contribution is 2.29. The lowest BCUT2D eigenvalue weighted by Gasteiger charge is -2.27. The van der Waals surface area contributed by atoms with E-state index in [4.69, 9.17) is 0 Å². The highest BCUT2D eigenvalue weighted by molar-refractivity contribution is 5.39. The quantitative estimate of drug-likeness (QED) is 0.769. The minimum atomic E-state index is -0.745. The van der Waals surface area contributed by atoms with Crippen molar-refractivity contribution < 1.29 is 5.11 Å². The van der Waals surface area contributed by atoms with E-state index in [9.17, 15) is 5.11 Å². The molecule has 2 N–H and O–H groups in total. The Balaban J connectivity index is 2.93. The van der Waals surface area contributed by atoms with Crippen molar-refractivity contribution in [2.24, 2.45) is 0 Å². The van der Waals surface area contributed by atoms with Crippen LogP contribution in [0.1, 0.15) is 42.5 Å². The van der Waals surface area contributed by atoms with Crippen molar-refractivity contribution in [2.45, 2.75) is 46.6 Å². The highest BCUT2D eigenvalue weighted by Gasteiger charge is 2.24. The van der Waals surface area contributed by atoms with E-state index < -0.39 is 5.60 Å². The van der Waals surface area contributed by atoms with E-state index in [1.165, 1.54) is 16.7 Å². The van der Waals surface area contributed by atoms with Gasteiger partial charge < -0.3 is 10.4 Å². The van der Waals surface area contributed by atoms with Crippen molar-refractivity contribution in [3.05, 3.63) is 34.4 Å². The molecule has 0 amide bonds. The number of hydrogen-bond acceptors (Lipinski definition) is 2. The smallest absolute Gasteiger partial charge is 0.0883 e. The van der Waals surface area contributed by atoms with E-state index in [0.29, 0.717) is 0 Å². The summed E-state index contributed by atoms with van der Waals surface area (Å²) in [5, 5.41) is 13.8. The minimum absolute atomic E-state index is 0.740. The van der Waals surface area contributed by atoms with Gasteiger partial charge in [0, 0.05) is 0 Å². The number of nitrogens with one attached hydrogen (secondary N) is 1. The molecule has 0 heterocycles. The Labute approximate surface area is 105 Å². The van der Waals surface area contributed by atoms with Crippen molar-refractivity contribution in [2.75, 3.05) is 13.1 Å². The molecule has 1 atom stereocenters. The van der Waals surface area contributed by atoms with Gasteiger partial charge in [0.25, 0.3) is 0 Å². The number of hydrogen-bond donors (Lipinski definition) is 2. The molecule has 1 aromatic rings. The Hall–Kier alpha value is -0.860. The van der Waals surface area contributed by atoms with Crippen LogP contribution in [0.4, 0.5) is 0 Å². The summed E-state index contributed by atoms with van der Waals surface area (Å²) in [5.41, 5.74) is 4.02. The lowest BCUT2D eigenvalue weighted by molar-refractivity contribution is 0.0475. The van der Waals surface area contributed by atoms with Crippen molar-refractivity contribution >= 4 is 0 Å². The van der Waals surface area contributed by atoms with Crippen LogP contribution < -0.4 is 5.32 Å². The van der Waals surface area contributed by atoms with Gasteiger partial charge in [-0.3, -0.25) is 0 Å². The molecule has 0 aromatic heterocycles. The second-order valence-corrected chi connectivity index (χ2v) is 5.13. The molecular weight excluding hydrogens is 210 g/mol. The van der Waals surface area contributed by atoms with Gasteiger partial charge in [0.1, 0.15) is 0 Å². The molecule has 1 aromatic carbocycles. The molecule has 17 heavy (non-hydrogen) atoms. The van der Waals surface area contributed by atoms with Crippen LogP contribution in [0.2, 0.25) is 0 Å². The first-order chi connectivity index (χ1) is 7.88. The first-order valence-electron chi connectivity index (χ1n) is 6.40. The fourth-order valence-corrected chi connectivity index (χ4v) is 2.18. The summed E-state index contributed by atoms with van der Waals surface area (Å²) < 4.78 is 0. The SMILES string of the molecule is CCNCCC(C)(O)c1cc(C)c(C)cc1C. The topological polar surface area (TPSA) is 32.3 Å². The van der Waals surface area contributed by atoms with Gasteiger partial charge in [0.05, 0.1) is 5.60 Å². The third-order valence-corrected chi connectivity index (χ3v) is 3.46. The zero-order valence-corrected chi connectivity index (χ0v) is 11.7. The average molecular weight is 235 g/mol. The van der Waals surface area contributed by atoms with Crippen molar-refractivity contribution in [3.63, 3.8) is 0 Å². The molecule has 0 saturated carbocycles.